The number of hydrogen-bond acceptors (Lipinski definition) is 3. The first-order valence-electron chi connectivity index (χ1n) is 7.60. The van der Waals surface area contributed by atoms with Crippen LogP contribution >= 0.6 is 0 Å². The highest BCUT2D eigenvalue weighted by atomic mass is 15.4. The summed E-state index contributed by atoms with van der Waals surface area (Å²) < 4.78 is 0. The van der Waals surface area contributed by atoms with Crippen LogP contribution in [0.4, 0.5) is 0 Å². The van der Waals surface area contributed by atoms with Gasteiger partial charge in [-0.15, -0.1) is 0 Å². The van der Waals surface area contributed by atoms with E-state index >= 15 is 0 Å². The van der Waals surface area contributed by atoms with Crippen LogP contribution in [0, 0.1) is 5.92 Å². The van der Waals surface area contributed by atoms with E-state index in [4.69, 9.17) is 5.73 Å². The summed E-state index contributed by atoms with van der Waals surface area (Å²) in [4.78, 5) is 0. The molecule has 1 unspecified atom stereocenters. The summed E-state index contributed by atoms with van der Waals surface area (Å²) in [6, 6.07) is 0. The highest BCUT2D eigenvalue weighted by molar-refractivity contribution is 4.89. The Hall–Kier alpha value is -0.120. The molecule has 1 aliphatic carbocycles. The minimum absolute atomic E-state index is 0.155. The Kier molecular flexibility index (Phi) is 5.26. The second kappa shape index (κ2) is 6.72. The van der Waals surface area contributed by atoms with E-state index in [1.54, 1.807) is 0 Å². The van der Waals surface area contributed by atoms with Gasteiger partial charge >= 0.3 is 0 Å². The zero-order chi connectivity index (χ0) is 12.0. The first-order chi connectivity index (χ1) is 8.31. The minimum atomic E-state index is -0.155. The molecule has 17 heavy (non-hydrogen) atoms. The van der Waals surface area contributed by atoms with Gasteiger partial charge in [0.05, 0.1) is 5.66 Å². The van der Waals surface area contributed by atoms with E-state index in [1.165, 1.54) is 64.2 Å². The predicted molar refractivity (Wildman–Crippen MR) is 72.3 cm³/mol. The van der Waals surface area contributed by atoms with Gasteiger partial charge in [-0.3, -0.25) is 5.43 Å². The molecule has 3 heteroatoms. The van der Waals surface area contributed by atoms with Crippen LogP contribution in [-0.2, 0) is 0 Å². The number of nitrogens with one attached hydrogen (secondary N) is 2. The van der Waals surface area contributed by atoms with Gasteiger partial charge in [0, 0.05) is 6.54 Å². The molecule has 2 aliphatic rings. The largest absolute Gasteiger partial charge is 0.312 e. The van der Waals surface area contributed by atoms with Gasteiger partial charge < -0.3 is 5.73 Å². The maximum absolute atomic E-state index is 6.65. The van der Waals surface area contributed by atoms with E-state index in [0.717, 1.165) is 13.0 Å². The van der Waals surface area contributed by atoms with Crippen LogP contribution in [0.5, 0.6) is 0 Å². The van der Waals surface area contributed by atoms with Crippen molar-refractivity contribution in [3.05, 3.63) is 0 Å². The Morgan fingerprint density at radius 2 is 1.47 bits per heavy atom. The van der Waals surface area contributed by atoms with Crippen molar-refractivity contribution in [2.24, 2.45) is 11.7 Å². The van der Waals surface area contributed by atoms with Gasteiger partial charge in [0.15, 0.2) is 0 Å². The molecular weight excluding hydrogens is 210 g/mol. The van der Waals surface area contributed by atoms with Crippen LogP contribution in [0.15, 0.2) is 0 Å². The van der Waals surface area contributed by atoms with Gasteiger partial charge in [-0.1, -0.05) is 44.9 Å². The standard InChI is InChI=1S/C14H29N3/c15-14(11-7-4-8-12-16-17-14)13-9-5-2-1-3-6-10-13/h13,16-17H,1-12,15H2. The molecule has 100 valence electrons. The van der Waals surface area contributed by atoms with E-state index in [9.17, 15) is 0 Å². The summed E-state index contributed by atoms with van der Waals surface area (Å²) in [5.74, 6) is 0.661. The molecule has 0 aromatic heterocycles. The second-order valence-electron chi connectivity index (χ2n) is 5.94. The van der Waals surface area contributed by atoms with Gasteiger partial charge in [0.25, 0.3) is 0 Å². The smallest absolute Gasteiger partial charge is 0.0820 e. The zero-order valence-electron chi connectivity index (χ0n) is 11.1. The average Bonchev–Trinajstić information content (AvgIpc) is 2.23. The van der Waals surface area contributed by atoms with E-state index in [2.05, 4.69) is 10.9 Å². The molecule has 0 spiro atoms. The van der Waals surface area contributed by atoms with Crippen molar-refractivity contribution in [3.63, 3.8) is 0 Å². The van der Waals surface area contributed by atoms with Crippen molar-refractivity contribution < 1.29 is 0 Å². The van der Waals surface area contributed by atoms with E-state index in [-0.39, 0.29) is 5.66 Å². The van der Waals surface area contributed by atoms with E-state index in [1.807, 2.05) is 0 Å². The zero-order valence-corrected chi connectivity index (χ0v) is 11.1. The third kappa shape index (κ3) is 3.94. The van der Waals surface area contributed by atoms with Crippen LogP contribution in [-0.4, -0.2) is 12.2 Å². The molecule has 1 saturated carbocycles. The molecule has 2 rings (SSSR count). The first kappa shape index (κ1) is 13.3. The molecular formula is C14H29N3. The lowest BCUT2D eigenvalue weighted by Crippen LogP contribution is -2.64. The number of hydrogen-bond donors (Lipinski definition) is 3. The fourth-order valence-electron chi connectivity index (χ4n) is 3.37. The lowest BCUT2D eigenvalue weighted by atomic mass is 9.79. The third-order valence-corrected chi connectivity index (χ3v) is 4.55. The maximum Gasteiger partial charge on any atom is 0.0820 e. The summed E-state index contributed by atoms with van der Waals surface area (Å²) in [5.41, 5.74) is 13.3. The summed E-state index contributed by atoms with van der Waals surface area (Å²) in [7, 11) is 0. The molecule has 3 nitrogen and oxygen atoms in total. The number of nitrogens with two attached hydrogens (primary N) is 1. The SMILES string of the molecule is NC1(C2CCCCCCC2)CCCCCNN1. The quantitative estimate of drug-likeness (QED) is 0.659. The molecule has 1 atom stereocenters. The van der Waals surface area contributed by atoms with Gasteiger partial charge in [-0.05, 0) is 31.6 Å². The molecule has 0 bridgehead atoms. The van der Waals surface area contributed by atoms with Crippen molar-refractivity contribution in [1.29, 1.82) is 0 Å². The Morgan fingerprint density at radius 3 is 2.24 bits per heavy atom. The Morgan fingerprint density at radius 1 is 0.824 bits per heavy atom. The van der Waals surface area contributed by atoms with Crippen molar-refractivity contribution in [1.82, 2.24) is 10.9 Å². The fourth-order valence-corrected chi connectivity index (χ4v) is 3.37. The lowest BCUT2D eigenvalue weighted by Gasteiger charge is -2.40. The van der Waals surface area contributed by atoms with Gasteiger partial charge in [-0.25, -0.2) is 5.43 Å². The van der Waals surface area contributed by atoms with Crippen LogP contribution in [0.1, 0.15) is 70.6 Å². The highest BCUT2D eigenvalue weighted by Crippen LogP contribution is 2.31. The Bertz CT molecular complexity index is 202. The van der Waals surface area contributed by atoms with E-state index < -0.39 is 0 Å². The highest BCUT2D eigenvalue weighted by Gasteiger charge is 2.34. The normalized spacial score (nSPS) is 34.4. The molecule has 1 heterocycles. The molecule has 0 aromatic rings. The van der Waals surface area contributed by atoms with Crippen LogP contribution in [0.2, 0.25) is 0 Å². The van der Waals surface area contributed by atoms with Gasteiger partial charge in [0.1, 0.15) is 0 Å². The summed E-state index contributed by atoms with van der Waals surface area (Å²) in [6.45, 7) is 1.06. The number of hydrazine groups is 1. The van der Waals surface area contributed by atoms with Crippen molar-refractivity contribution in [2.45, 2.75) is 76.3 Å². The topological polar surface area (TPSA) is 50.1 Å². The summed E-state index contributed by atoms with van der Waals surface area (Å²) in [6.07, 6.45) is 14.6. The molecule has 1 aliphatic heterocycles. The second-order valence-corrected chi connectivity index (χ2v) is 5.94. The fraction of sp³-hybridized carbons (Fsp3) is 1.00. The van der Waals surface area contributed by atoms with Gasteiger partial charge in [0.2, 0.25) is 0 Å². The molecule has 2 fully saturated rings. The Balaban J connectivity index is 1.94. The van der Waals surface area contributed by atoms with Crippen LogP contribution < -0.4 is 16.6 Å². The molecule has 0 amide bonds. The van der Waals surface area contributed by atoms with Crippen molar-refractivity contribution in [2.75, 3.05) is 6.54 Å². The molecule has 1 saturated heterocycles. The molecule has 0 aromatic carbocycles. The molecule has 4 N–H and O–H groups in total. The van der Waals surface area contributed by atoms with Crippen LogP contribution in [0.25, 0.3) is 0 Å². The van der Waals surface area contributed by atoms with E-state index in [0.29, 0.717) is 5.92 Å². The maximum atomic E-state index is 6.65. The van der Waals surface area contributed by atoms with Crippen molar-refractivity contribution >= 4 is 0 Å². The lowest BCUT2D eigenvalue weighted by molar-refractivity contribution is 0.132. The molecule has 0 radical (unpaired) electrons. The number of rotatable bonds is 1. The first-order valence-corrected chi connectivity index (χ1v) is 7.60. The van der Waals surface area contributed by atoms with Gasteiger partial charge in [-0.2, -0.15) is 0 Å². The predicted octanol–water partition coefficient (Wildman–Crippen LogP) is 2.67. The monoisotopic (exact) mass is 239 g/mol. The minimum Gasteiger partial charge on any atom is -0.312 e. The van der Waals surface area contributed by atoms with Crippen molar-refractivity contribution in [3.8, 4) is 0 Å². The Labute approximate surface area is 106 Å². The summed E-state index contributed by atoms with van der Waals surface area (Å²) in [5, 5.41) is 0. The average molecular weight is 239 g/mol. The summed E-state index contributed by atoms with van der Waals surface area (Å²) >= 11 is 0. The third-order valence-electron chi connectivity index (χ3n) is 4.55. The van der Waals surface area contributed by atoms with Crippen LogP contribution in [0.3, 0.4) is 0 Å².